The van der Waals surface area contributed by atoms with Crippen LogP contribution in [0.15, 0.2) is 79.3 Å². The number of hydrogen-bond donors (Lipinski definition) is 1. The van der Waals surface area contributed by atoms with E-state index in [-0.39, 0.29) is 17.8 Å². The third kappa shape index (κ3) is 4.42. The molecule has 0 atom stereocenters. The molecule has 0 aliphatic carbocycles. The lowest BCUT2D eigenvalue weighted by Gasteiger charge is -2.18. The molecule has 0 saturated carbocycles. The van der Waals surface area contributed by atoms with E-state index in [1.165, 1.54) is 0 Å². The van der Waals surface area contributed by atoms with Crippen molar-refractivity contribution in [2.45, 2.75) is 32.7 Å². The molecule has 0 aliphatic heterocycles. The molecule has 1 amide bonds. The topological polar surface area (TPSA) is 77.1 Å². The Bertz CT molecular complexity index is 1440. The van der Waals surface area contributed by atoms with Crippen molar-refractivity contribution >= 4 is 29.1 Å². The van der Waals surface area contributed by atoms with E-state index in [4.69, 9.17) is 16.6 Å². The number of fused-ring (bicyclic) bond motifs is 1. The van der Waals surface area contributed by atoms with Gasteiger partial charge in [0.05, 0.1) is 22.2 Å². The molecule has 0 aliphatic rings. The van der Waals surface area contributed by atoms with Crippen LogP contribution in [0.3, 0.4) is 0 Å². The summed E-state index contributed by atoms with van der Waals surface area (Å²) in [5.41, 5.74) is 5.31. The minimum absolute atomic E-state index is 0.0505. The lowest BCUT2D eigenvalue weighted by atomic mass is 9.87. The second-order valence-corrected chi connectivity index (χ2v) is 8.60. The number of amides is 1. The predicted octanol–water partition coefficient (Wildman–Crippen LogP) is 5.59. The first-order valence-electron chi connectivity index (χ1n) is 11.6. The third-order valence-corrected chi connectivity index (χ3v) is 6.36. The number of nitrogens with zero attached hydrogens (tertiary/aromatic N) is 5. The summed E-state index contributed by atoms with van der Waals surface area (Å²) < 4.78 is 3.61. The summed E-state index contributed by atoms with van der Waals surface area (Å²) in [7, 11) is 0. The van der Waals surface area contributed by atoms with Gasteiger partial charge in [0.25, 0.3) is 5.91 Å². The molecule has 1 N–H and O–H groups in total. The number of rotatable bonds is 7. The highest BCUT2D eigenvalue weighted by Gasteiger charge is 2.25. The van der Waals surface area contributed by atoms with Gasteiger partial charge >= 0.3 is 0 Å². The van der Waals surface area contributed by atoms with Crippen molar-refractivity contribution in [1.29, 1.82) is 0 Å². The summed E-state index contributed by atoms with van der Waals surface area (Å²) in [5.74, 6) is -0.181. The first-order chi connectivity index (χ1) is 17.1. The van der Waals surface area contributed by atoms with Crippen LogP contribution in [0.5, 0.6) is 0 Å². The second kappa shape index (κ2) is 9.72. The third-order valence-electron chi connectivity index (χ3n) is 6.04. The zero-order chi connectivity index (χ0) is 24.4. The fourth-order valence-electron chi connectivity index (χ4n) is 4.35. The quantitative estimate of drug-likeness (QED) is 0.326. The SMILES string of the molecule is CCc1c(C(c2ccccc2)c2ccccc2)nc2cc(Cl)c(C(=O)Nc3ncn(CC)n3)cn12. The molecular weight excluding hydrogens is 460 g/mol. The minimum Gasteiger partial charge on any atom is -0.303 e. The van der Waals surface area contributed by atoms with E-state index in [1.54, 1.807) is 23.3 Å². The smallest absolute Gasteiger partial charge is 0.261 e. The highest BCUT2D eigenvalue weighted by Crippen LogP contribution is 2.35. The first-order valence-corrected chi connectivity index (χ1v) is 12.0. The minimum atomic E-state index is -0.370. The Morgan fingerprint density at radius 2 is 1.69 bits per heavy atom. The molecule has 2 aromatic carbocycles. The number of hydrogen-bond acceptors (Lipinski definition) is 4. The number of aryl methyl sites for hydroxylation is 2. The molecule has 0 spiro atoms. The Morgan fingerprint density at radius 1 is 1.03 bits per heavy atom. The molecule has 0 unspecified atom stereocenters. The van der Waals surface area contributed by atoms with E-state index in [2.05, 4.69) is 46.6 Å². The van der Waals surface area contributed by atoms with Crippen molar-refractivity contribution in [3.05, 3.63) is 112 Å². The monoisotopic (exact) mass is 484 g/mol. The second-order valence-electron chi connectivity index (χ2n) is 8.19. The lowest BCUT2D eigenvalue weighted by molar-refractivity contribution is 0.102. The van der Waals surface area contributed by atoms with E-state index in [9.17, 15) is 4.79 Å². The molecule has 0 fully saturated rings. The van der Waals surface area contributed by atoms with E-state index in [0.29, 0.717) is 22.8 Å². The summed E-state index contributed by atoms with van der Waals surface area (Å²) in [6.45, 7) is 4.71. The summed E-state index contributed by atoms with van der Waals surface area (Å²) in [6.07, 6.45) is 4.06. The zero-order valence-electron chi connectivity index (χ0n) is 19.5. The van der Waals surface area contributed by atoms with Crippen LogP contribution in [-0.4, -0.2) is 30.1 Å². The maximum Gasteiger partial charge on any atom is 0.261 e. The summed E-state index contributed by atoms with van der Waals surface area (Å²) >= 11 is 6.55. The fraction of sp³-hybridized carbons (Fsp3) is 0.185. The van der Waals surface area contributed by atoms with Gasteiger partial charge < -0.3 is 4.40 Å². The number of benzene rings is 2. The van der Waals surface area contributed by atoms with Crippen LogP contribution in [0.1, 0.15) is 52.6 Å². The molecule has 0 radical (unpaired) electrons. The number of carbonyl (C=O) groups is 1. The van der Waals surface area contributed by atoms with Gasteiger partial charge in [0.2, 0.25) is 5.95 Å². The highest BCUT2D eigenvalue weighted by atomic mass is 35.5. The first kappa shape index (κ1) is 22.8. The molecular formula is C27H25ClN6O. The van der Waals surface area contributed by atoms with Gasteiger partial charge in [-0.2, -0.15) is 0 Å². The molecule has 3 aromatic heterocycles. The maximum absolute atomic E-state index is 13.0. The predicted molar refractivity (Wildman–Crippen MR) is 137 cm³/mol. The van der Waals surface area contributed by atoms with E-state index >= 15 is 0 Å². The van der Waals surface area contributed by atoms with Crippen molar-refractivity contribution in [3.63, 3.8) is 0 Å². The van der Waals surface area contributed by atoms with Gasteiger partial charge in [-0.15, -0.1) is 5.10 Å². The van der Waals surface area contributed by atoms with E-state index in [0.717, 1.165) is 28.9 Å². The number of anilines is 1. The largest absolute Gasteiger partial charge is 0.303 e. The van der Waals surface area contributed by atoms with Crippen molar-refractivity contribution in [1.82, 2.24) is 24.1 Å². The Hall–Kier alpha value is -3.97. The van der Waals surface area contributed by atoms with Gasteiger partial charge in [-0.25, -0.2) is 9.97 Å². The fourth-order valence-corrected chi connectivity index (χ4v) is 4.59. The van der Waals surface area contributed by atoms with Crippen LogP contribution in [0.4, 0.5) is 5.95 Å². The Kier molecular flexibility index (Phi) is 6.33. The van der Waals surface area contributed by atoms with Crippen molar-refractivity contribution < 1.29 is 4.79 Å². The van der Waals surface area contributed by atoms with Gasteiger partial charge in [0.1, 0.15) is 12.0 Å². The van der Waals surface area contributed by atoms with E-state index < -0.39 is 0 Å². The number of aromatic nitrogens is 5. The molecule has 0 bridgehead atoms. The number of pyridine rings is 1. The van der Waals surface area contributed by atoms with Crippen LogP contribution in [0, 0.1) is 0 Å². The van der Waals surface area contributed by atoms with Crippen LogP contribution in [0.25, 0.3) is 5.65 Å². The number of carbonyl (C=O) groups excluding carboxylic acids is 1. The molecule has 7 nitrogen and oxygen atoms in total. The Labute approximate surface area is 208 Å². The molecule has 176 valence electrons. The lowest BCUT2D eigenvalue weighted by Crippen LogP contribution is -2.15. The Balaban J connectivity index is 1.61. The van der Waals surface area contributed by atoms with Crippen LogP contribution in [-0.2, 0) is 13.0 Å². The Morgan fingerprint density at radius 3 is 2.26 bits per heavy atom. The number of imidazole rings is 1. The molecule has 5 aromatic rings. The number of halogens is 1. The average molecular weight is 485 g/mol. The van der Waals surface area contributed by atoms with Gasteiger partial charge in [0.15, 0.2) is 0 Å². The number of nitrogens with one attached hydrogen (secondary N) is 1. The van der Waals surface area contributed by atoms with Crippen LogP contribution in [0.2, 0.25) is 5.02 Å². The molecule has 8 heteroatoms. The summed E-state index contributed by atoms with van der Waals surface area (Å²) in [5, 5.41) is 7.28. The molecule has 5 rings (SSSR count). The summed E-state index contributed by atoms with van der Waals surface area (Å²) in [6, 6.07) is 22.4. The molecule has 0 saturated heterocycles. The van der Waals surface area contributed by atoms with Gasteiger partial charge in [-0.3, -0.25) is 14.8 Å². The van der Waals surface area contributed by atoms with Crippen molar-refractivity contribution in [2.24, 2.45) is 0 Å². The van der Waals surface area contributed by atoms with Crippen molar-refractivity contribution in [2.75, 3.05) is 5.32 Å². The van der Waals surface area contributed by atoms with E-state index in [1.807, 2.05) is 47.7 Å². The zero-order valence-corrected chi connectivity index (χ0v) is 20.3. The van der Waals surface area contributed by atoms with Crippen LogP contribution >= 0.6 is 11.6 Å². The van der Waals surface area contributed by atoms with Crippen molar-refractivity contribution in [3.8, 4) is 0 Å². The van der Waals surface area contributed by atoms with Gasteiger partial charge in [0, 0.05) is 24.5 Å². The highest BCUT2D eigenvalue weighted by molar-refractivity contribution is 6.34. The molecule has 3 heterocycles. The van der Waals surface area contributed by atoms with Crippen LogP contribution < -0.4 is 5.32 Å². The normalized spacial score (nSPS) is 11.3. The maximum atomic E-state index is 13.0. The molecule has 35 heavy (non-hydrogen) atoms. The van der Waals surface area contributed by atoms with Gasteiger partial charge in [-0.1, -0.05) is 79.2 Å². The standard InChI is InChI=1S/C27H25ClN6O/c1-3-22-25(24(18-11-7-5-8-12-18)19-13-9-6-10-14-19)30-23-15-21(28)20(16-34(22)23)26(35)31-27-29-17-33(4-2)32-27/h5-17,24H,3-4H2,1-2H3,(H,31,32,35). The average Bonchev–Trinajstić information content (AvgIpc) is 3.48. The van der Waals surface area contributed by atoms with Gasteiger partial charge in [-0.05, 0) is 24.5 Å². The summed E-state index contributed by atoms with van der Waals surface area (Å²) in [4.78, 5) is 22.2.